The van der Waals surface area contributed by atoms with E-state index in [0.717, 1.165) is 19.3 Å². The lowest BCUT2D eigenvalue weighted by Crippen LogP contribution is -2.50. The molecule has 2 saturated heterocycles. The minimum Gasteiger partial charge on any atom is -0.481 e. The summed E-state index contributed by atoms with van der Waals surface area (Å²) >= 11 is 0. The van der Waals surface area contributed by atoms with Gasteiger partial charge in [0.15, 0.2) is 0 Å². The predicted molar refractivity (Wildman–Crippen MR) is 73.5 cm³/mol. The van der Waals surface area contributed by atoms with Crippen LogP contribution in [0.1, 0.15) is 32.6 Å². The van der Waals surface area contributed by atoms with Gasteiger partial charge in [0, 0.05) is 33.2 Å². The Labute approximate surface area is 119 Å². The van der Waals surface area contributed by atoms with E-state index in [1.54, 1.807) is 4.90 Å². The largest absolute Gasteiger partial charge is 0.481 e. The lowest BCUT2D eigenvalue weighted by Gasteiger charge is -2.36. The number of carboxylic acid groups (broad SMARTS) is 1. The fourth-order valence-corrected chi connectivity index (χ4v) is 3.17. The maximum Gasteiger partial charge on any atom is 0.320 e. The average Bonchev–Trinajstić information content (AvgIpc) is 2.83. The molecule has 2 unspecified atom stereocenters. The second-order valence-electron chi connectivity index (χ2n) is 5.85. The molecule has 1 N–H and O–H groups in total. The van der Waals surface area contributed by atoms with Crippen LogP contribution in [0.5, 0.6) is 0 Å². The van der Waals surface area contributed by atoms with Crippen LogP contribution in [0.2, 0.25) is 0 Å². The van der Waals surface area contributed by atoms with E-state index in [1.165, 1.54) is 0 Å². The fraction of sp³-hybridized carbons (Fsp3) is 0.857. The van der Waals surface area contributed by atoms with Gasteiger partial charge in [-0.05, 0) is 32.1 Å². The second kappa shape index (κ2) is 6.43. The number of carboxylic acids is 1. The summed E-state index contributed by atoms with van der Waals surface area (Å²) in [6.07, 6.45) is 2.75. The smallest absolute Gasteiger partial charge is 0.320 e. The van der Waals surface area contributed by atoms with Gasteiger partial charge < -0.3 is 19.6 Å². The summed E-state index contributed by atoms with van der Waals surface area (Å²) in [5.41, 5.74) is 0. The average molecular weight is 284 g/mol. The minimum absolute atomic E-state index is 0.0427. The number of carbonyl (C=O) groups excluding carboxylic acids is 1. The van der Waals surface area contributed by atoms with Crippen LogP contribution in [0.4, 0.5) is 4.79 Å². The van der Waals surface area contributed by atoms with Gasteiger partial charge >= 0.3 is 12.0 Å². The van der Waals surface area contributed by atoms with Crippen molar-refractivity contribution in [1.29, 1.82) is 0 Å². The molecule has 0 aromatic carbocycles. The van der Waals surface area contributed by atoms with E-state index in [9.17, 15) is 9.59 Å². The maximum atomic E-state index is 12.4. The number of ether oxygens (including phenoxy) is 1. The van der Waals surface area contributed by atoms with E-state index in [0.29, 0.717) is 19.7 Å². The number of urea groups is 1. The normalized spacial score (nSPS) is 27.6. The van der Waals surface area contributed by atoms with E-state index < -0.39 is 5.97 Å². The summed E-state index contributed by atoms with van der Waals surface area (Å²) in [6, 6.07) is 0.195. The third-order valence-corrected chi connectivity index (χ3v) is 4.48. The number of nitrogens with zero attached hydrogens (tertiary/aromatic N) is 2. The van der Waals surface area contributed by atoms with Crippen molar-refractivity contribution in [2.75, 3.05) is 26.7 Å². The molecule has 2 amide bonds. The van der Waals surface area contributed by atoms with Crippen molar-refractivity contribution in [3.8, 4) is 0 Å². The minimum atomic E-state index is -0.746. The molecule has 2 fully saturated rings. The Hall–Kier alpha value is -1.30. The summed E-state index contributed by atoms with van der Waals surface area (Å²) in [5, 5.41) is 8.80. The SMILES string of the molecule is CC1OCCC1N(C)C(=O)N1CCC(CC(=O)O)CC1. The van der Waals surface area contributed by atoms with Crippen LogP contribution in [-0.2, 0) is 9.53 Å². The highest BCUT2D eigenvalue weighted by molar-refractivity contribution is 5.74. The van der Waals surface area contributed by atoms with E-state index in [1.807, 2.05) is 18.9 Å². The first-order chi connectivity index (χ1) is 9.49. The van der Waals surface area contributed by atoms with E-state index in [2.05, 4.69) is 0 Å². The van der Waals surface area contributed by atoms with Gasteiger partial charge in [-0.2, -0.15) is 0 Å². The van der Waals surface area contributed by atoms with Crippen molar-refractivity contribution < 1.29 is 19.4 Å². The number of carbonyl (C=O) groups is 2. The van der Waals surface area contributed by atoms with Crippen molar-refractivity contribution in [2.45, 2.75) is 44.8 Å². The topological polar surface area (TPSA) is 70.1 Å². The number of aliphatic carboxylic acids is 1. The number of likely N-dealkylation sites (N-methyl/N-ethyl adjacent to an activating group) is 1. The van der Waals surface area contributed by atoms with Crippen LogP contribution < -0.4 is 0 Å². The molecule has 0 radical (unpaired) electrons. The van der Waals surface area contributed by atoms with Crippen LogP contribution in [0.3, 0.4) is 0 Å². The molecule has 114 valence electrons. The molecular formula is C14H24N2O4. The number of amides is 2. The zero-order valence-electron chi connectivity index (χ0n) is 12.2. The van der Waals surface area contributed by atoms with Crippen molar-refractivity contribution in [3.63, 3.8) is 0 Å². The zero-order chi connectivity index (χ0) is 14.7. The summed E-state index contributed by atoms with van der Waals surface area (Å²) in [7, 11) is 1.83. The number of likely N-dealkylation sites (tertiary alicyclic amines) is 1. The highest BCUT2D eigenvalue weighted by atomic mass is 16.5. The van der Waals surface area contributed by atoms with Crippen molar-refractivity contribution in [3.05, 3.63) is 0 Å². The molecule has 6 heteroatoms. The van der Waals surface area contributed by atoms with Crippen molar-refractivity contribution in [1.82, 2.24) is 9.80 Å². The maximum absolute atomic E-state index is 12.4. The van der Waals surface area contributed by atoms with Crippen molar-refractivity contribution >= 4 is 12.0 Å². The molecule has 0 saturated carbocycles. The van der Waals surface area contributed by atoms with Crippen LogP contribution >= 0.6 is 0 Å². The number of hydrogen-bond acceptors (Lipinski definition) is 3. The standard InChI is InChI=1S/C14H24N2O4/c1-10-12(5-8-20-10)15(2)14(19)16-6-3-11(4-7-16)9-13(17)18/h10-12H,3-9H2,1-2H3,(H,17,18). The summed E-state index contributed by atoms with van der Waals surface area (Å²) in [5.74, 6) is -0.542. The highest BCUT2D eigenvalue weighted by Crippen LogP contribution is 2.24. The number of piperidine rings is 1. The molecule has 0 aromatic heterocycles. The number of rotatable bonds is 3. The highest BCUT2D eigenvalue weighted by Gasteiger charge is 2.34. The summed E-state index contributed by atoms with van der Waals surface area (Å²) in [4.78, 5) is 26.8. The Kier molecular flexibility index (Phi) is 4.86. The van der Waals surface area contributed by atoms with E-state index in [4.69, 9.17) is 9.84 Å². The first kappa shape index (κ1) is 15.1. The Morgan fingerprint density at radius 2 is 1.95 bits per heavy atom. The Morgan fingerprint density at radius 3 is 2.45 bits per heavy atom. The molecule has 0 aliphatic carbocycles. The monoisotopic (exact) mass is 284 g/mol. The molecule has 2 rings (SSSR count). The quantitative estimate of drug-likeness (QED) is 0.850. The Morgan fingerprint density at radius 1 is 1.30 bits per heavy atom. The fourth-order valence-electron chi connectivity index (χ4n) is 3.17. The van der Waals surface area contributed by atoms with Gasteiger partial charge in [-0.1, -0.05) is 0 Å². The first-order valence-corrected chi connectivity index (χ1v) is 7.34. The molecule has 20 heavy (non-hydrogen) atoms. The molecule has 2 aliphatic rings. The molecular weight excluding hydrogens is 260 g/mol. The third-order valence-electron chi connectivity index (χ3n) is 4.48. The van der Waals surface area contributed by atoms with Crippen molar-refractivity contribution in [2.24, 2.45) is 5.92 Å². The van der Waals surface area contributed by atoms with Crippen LogP contribution in [0.15, 0.2) is 0 Å². The first-order valence-electron chi connectivity index (χ1n) is 7.34. The second-order valence-corrected chi connectivity index (χ2v) is 5.85. The number of hydrogen-bond donors (Lipinski definition) is 1. The molecule has 2 atom stereocenters. The third kappa shape index (κ3) is 3.42. The molecule has 0 spiro atoms. The summed E-state index contributed by atoms with van der Waals surface area (Å²) < 4.78 is 5.51. The lowest BCUT2D eigenvalue weighted by atomic mass is 9.94. The van der Waals surface area contributed by atoms with Gasteiger partial charge in [0.1, 0.15) is 0 Å². The van der Waals surface area contributed by atoms with E-state index >= 15 is 0 Å². The predicted octanol–water partition coefficient (Wildman–Crippen LogP) is 1.40. The van der Waals surface area contributed by atoms with Crippen LogP contribution in [0, 0.1) is 5.92 Å². The van der Waals surface area contributed by atoms with Gasteiger partial charge in [0.2, 0.25) is 0 Å². The lowest BCUT2D eigenvalue weighted by molar-refractivity contribution is -0.138. The van der Waals surface area contributed by atoms with E-state index in [-0.39, 0.29) is 30.5 Å². The molecule has 0 bridgehead atoms. The van der Waals surface area contributed by atoms with Crippen LogP contribution in [-0.4, -0.2) is 65.8 Å². The van der Waals surface area contributed by atoms with Gasteiger partial charge in [-0.15, -0.1) is 0 Å². The molecule has 6 nitrogen and oxygen atoms in total. The molecule has 2 aliphatic heterocycles. The Balaban J connectivity index is 1.83. The van der Waals surface area contributed by atoms with Gasteiger partial charge in [0.05, 0.1) is 12.1 Å². The Bertz CT molecular complexity index is 366. The molecule has 2 heterocycles. The van der Waals surface area contributed by atoms with Gasteiger partial charge in [0.25, 0.3) is 0 Å². The van der Waals surface area contributed by atoms with Gasteiger partial charge in [-0.3, -0.25) is 4.79 Å². The van der Waals surface area contributed by atoms with Gasteiger partial charge in [-0.25, -0.2) is 4.79 Å². The van der Waals surface area contributed by atoms with Crippen LogP contribution in [0.25, 0.3) is 0 Å². The summed E-state index contributed by atoms with van der Waals surface area (Å²) in [6.45, 7) is 4.02. The molecule has 0 aromatic rings. The zero-order valence-corrected chi connectivity index (χ0v) is 12.2.